The van der Waals surface area contributed by atoms with Gasteiger partial charge in [0.15, 0.2) is 6.29 Å². The van der Waals surface area contributed by atoms with Crippen molar-refractivity contribution in [2.75, 3.05) is 13.2 Å². The molecule has 0 spiro atoms. The van der Waals surface area contributed by atoms with E-state index in [1.165, 1.54) is 103 Å². The molecule has 0 radical (unpaired) electrons. The summed E-state index contributed by atoms with van der Waals surface area (Å²) in [4.78, 5) is 13.1. The number of ether oxygens (including phenoxy) is 2. The molecule has 444 valence electrons. The first-order chi connectivity index (χ1) is 38.3. The quantitative estimate of drug-likeness (QED) is 0.0261. The molecule has 9 nitrogen and oxygen atoms in total. The monoisotopic (exact) mass is 1090 g/mol. The lowest BCUT2D eigenvalue weighted by Crippen LogP contribution is -2.60. The zero-order valence-electron chi connectivity index (χ0n) is 49.4. The predicted octanol–water partition coefficient (Wildman–Crippen LogP) is 16.5. The molecular weight excluding hydrogens is 971 g/mol. The van der Waals surface area contributed by atoms with Crippen molar-refractivity contribution < 1.29 is 39.8 Å². The highest BCUT2D eigenvalue weighted by Gasteiger charge is 2.44. The number of aliphatic hydroxyl groups is 5. The highest BCUT2D eigenvalue weighted by atomic mass is 16.7. The van der Waals surface area contributed by atoms with Crippen LogP contribution in [0.2, 0.25) is 0 Å². The molecule has 1 aliphatic rings. The summed E-state index contributed by atoms with van der Waals surface area (Å²) in [6.45, 7) is 3.64. The number of carbonyl (C=O) groups is 1. The average molecular weight is 1090 g/mol. The van der Waals surface area contributed by atoms with Crippen LogP contribution in [0.3, 0.4) is 0 Å². The van der Waals surface area contributed by atoms with E-state index in [-0.39, 0.29) is 12.5 Å². The van der Waals surface area contributed by atoms with Gasteiger partial charge in [0.2, 0.25) is 5.91 Å². The van der Waals surface area contributed by atoms with Gasteiger partial charge in [-0.15, -0.1) is 0 Å². The van der Waals surface area contributed by atoms with Crippen molar-refractivity contribution in [2.45, 2.75) is 281 Å². The highest BCUT2D eigenvalue weighted by molar-refractivity contribution is 5.76. The van der Waals surface area contributed by atoms with Crippen molar-refractivity contribution in [3.63, 3.8) is 0 Å². The minimum absolute atomic E-state index is 0.210. The van der Waals surface area contributed by atoms with Crippen molar-refractivity contribution in [3.8, 4) is 0 Å². The fourth-order valence-electron chi connectivity index (χ4n) is 9.05. The molecule has 78 heavy (non-hydrogen) atoms. The van der Waals surface area contributed by atoms with Crippen molar-refractivity contribution in [1.29, 1.82) is 0 Å². The van der Waals surface area contributed by atoms with Gasteiger partial charge in [-0.2, -0.15) is 0 Å². The van der Waals surface area contributed by atoms with E-state index in [0.29, 0.717) is 6.42 Å². The second-order valence-corrected chi connectivity index (χ2v) is 21.1. The second-order valence-electron chi connectivity index (χ2n) is 21.1. The molecule has 6 N–H and O–H groups in total. The molecule has 1 fully saturated rings. The van der Waals surface area contributed by atoms with E-state index in [2.05, 4.69) is 141 Å². The third kappa shape index (κ3) is 45.1. The number of nitrogens with one attached hydrogen (secondary N) is 1. The Balaban J connectivity index is 2.26. The molecule has 1 amide bonds. The van der Waals surface area contributed by atoms with Crippen LogP contribution in [0.15, 0.2) is 134 Å². The van der Waals surface area contributed by atoms with E-state index in [1.54, 1.807) is 6.08 Å². The number of rotatable bonds is 52. The molecule has 0 bridgehead atoms. The van der Waals surface area contributed by atoms with Crippen LogP contribution < -0.4 is 5.32 Å². The van der Waals surface area contributed by atoms with Gasteiger partial charge in [-0.3, -0.25) is 4.79 Å². The van der Waals surface area contributed by atoms with Crippen molar-refractivity contribution >= 4 is 5.91 Å². The molecule has 7 atom stereocenters. The fourth-order valence-corrected chi connectivity index (χ4v) is 9.05. The standard InChI is InChI=1S/C69H115NO8/c1-3-5-7-9-11-13-15-17-19-21-23-25-27-28-29-30-31-32-33-34-35-36-37-39-41-43-45-47-49-51-53-55-57-59-65(73)70-62(61-77-69-68(76)67(75)66(74)64(60-71)78-69)63(72)58-56-54-52-50-48-46-44-42-40-38-26-24-22-20-18-16-14-12-10-8-6-4-2/h5,7,11,13,17,19,23,25,28-29,31-32,34-35,37,39,43,45,48,50,56,58,62-64,66-69,71-72,74-76H,3-4,6,8-10,12,14-16,18,20-22,24,26-27,30,33,36,38,40-42,44,46-47,49,51-55,57,59-61H2,1-2H3,(H,70,73)/b7-5-,13-11-,19-17-,25-23-,29-28-,32-31-,35-34-,39-37-,45-43-,50-48+,58-56+. The van der Waals surface area contributed by atoms with Crippen LogP contribution >= 0.6 is 0 Å². The van der Waals surface area contributed by atoms with Crippen LogP contribution in [0, 0.1) is 0 Å². The Bertz CT molecular complexity index is 1690. The molecule has 0 aliphatic carbocycles. The van der Waals surface area contributed by atoms with Crippen LogP contribution in [-0.2, 0) is 14.3 Å². The molecule has 9 heteroatoms. The third-order valence-corrected chi connectivity index (χ3v) is 14.0. The lowest BCUT2D eigenvalue weighted by molar-refractivity contribution is -0.302. The van der Waals surface area contributed by atoms with Gasteiger partial charge in [0, 0.05) is 6.42 Å². The number of allylic oxidation sites excluding steroid dienone is 21. The Morgan fingerprint density at radius 2 is 0.808 bits per heavy atom. The summed E-state index contributed by atoms with van der Waals surface area (Å²) in [5.41, 5.74) is 0. The van der Waals surface area contributed by atoms with Crippen molar-refractivity contribution in [3.05, 3.63) is 134 Å². The summed E-state index contributed by atoms with van der Waals surface area (Å²) >= 11 is 0. The second kappa shape index (κ2) is 56.6. The van der Waals surface area contributed by atoms with Gasteiger partial charge in [0.05, 0.1) is 25.4 Å². The van der Waals surface area contributed by atoms with Gasteiger partial charge in [-0.25, -0.2) is 0 Å². The molecule has 0 aromatic carbocycles. The van der Waals surface area contributed by atoms with Gasteiger partial charge in [-0.1, -0.05) is 263 Å². The SMILES string of the molecule is CC/C=C\C/C=C\C/C=C\C/C=C\C/C=C\C/C=C\C/C=C\C/C=C\C/C=C\CCCCCCCC(=O)NC(COC1OC(CO)C(O)C(O)C1O)C(O)/C=C/CC/C=C/CCCCCCCCCCCCCCCCCC. The lowest BCUT2D eigenvalue weighted by atomic mass is 9.99. The number of hydrogen-bond donors (Lipinski definition) is 6. The van der Waals surface area contributed by atoms with E-state index in [1.807, 2.05) is 6.08 Å². The highest BCUT2D eigenvalue weighted by Crippen LogP contribution is 2.23. The average Bonchev–Trinajstić information content (AvgIpc) is 3.45. The Morgan fingerprint density at radius 3 is 1.23 bits per heavy atom. The van der Waals surface area contributed by atoms with E-state index in [0.717, 1.165) is 116 Å². The maximum absolute atomic E-state index is 13.1. The number of amides is 1. The molecule has 0 aromatic heterocycles. The number of hydrogen-bond acceptors (Lipinski definition) is 8. The topological polar surface area (TPSA) is 149 Å². The largest absolute Gasteiger partial charge is 0.394 e. The van der Waals surface area contributed by atoms with Crippen LogP contribution in [0.1, 0.15) is 239 Å². The van der Waals surface area contributed by atoms with E-state index < -0.39 is 49.5 Å². The number of unbranched alkanes of at least 4 members (excludes halogenated alkanes) is 22. The van der Waals surface area contributed by atoms with Crippen LogP contribution in [0.5, 0.6) is 0 Å². The van der Waals surface area contributed by atoms with E-state index in [4.69, 9.17) is 9.47 Å². The number of carbonyl (C=O) groups excluding carboxylic acids is 1. The summed E-state index contributed by atoms with van der Waals surface area (Å²) in [7, 11) is 0. The van der Waals surface area contributed by atoms with E-state index >= 15 is 0 Å². The first kappa shape index (κ1) is 72.3. The van der Waals surface area contributed by atoms with Crippen LogP contribution in [0.4, 0.5) is 0 Å². The van der Waals surface area contributed by atoms with Crippen molar-refractivity contribution in [1.82, 2.24) is 5.32 Å². The van der Waals surface area contributed by atoms with Crippen molar-refractivity contribution in [2.24, 2.45) is 0 Å². The molecule has 0 aromatic rings. The summed E-state index contributed by atoms with van der Waals surface area (Å²) in [6.07, 6.45) is 79.5. The molecule has 7 unspecified atom stereocenters. The minimum Gasteiger partial charge on any atom is -0.394 e. The molecule has 1 heterocycles. The summed E-state index contributed by atoms with van der Waals surface area (Å²) < 4.78 is 11.3. The summed E-state index contributed by atoms with van der Waals surface area (Å²) in [5, 5.41) is 54.6. The Morgan fingerprint density at radius 1 is 0.449 bits per heavy atom. The number of aliphatic hydroxyl groups excluding tert-OH is 5. The van der Waals surface area contributed by atoms with E-state index in [9.17, 15) is 30.3 Å². The molecular formula is C69H115NO8. The Kier molecular flexibility index (Phi) is 52.5. The zero-order valence-corrected chi connectivity index (χ0v) is 49.4. The molecule has 1 rings (SSSR count). The third-order valence-electron chi connectivity index (χ3n) is 14.0. The van der Waals surface area contributed by atoms with Gasteiger partial charge in [0.1, 0.15) is 24.4 Å². The zero-order chi connectivity index (χ0) is 56.5. The predicted molar refractivity (Wildman–Crippen MR) is 331 cm³/mol. The Hall–Kier alpha value is -3.67. The fraction of sp³-hybridized carbons (Fsp3) is 0.667. The van der Waals surface area contributed by atoms with Gasteiger partial charge < -0.3 is 40.3 Å². The molecule has 0 saturated carbocycles. The maximum Gasteiger partial charge on any atom is 0.220 e. The first-order valence-corrected chi connectivity index (χ1v) is 31.4. The Labute approximate surface area is 477 Å². The normalized spacial score (nSPS) is 19.6. The van der Waals surface area contributed by atoms with Crippen LogP contribution in [0.25, 0.3) is 0 Å². The minimum atomic E-state index is -1.58. The van der Waals surface area contributed by atoms with Gasteiger partial charge in [0.25, 0.3) is 0 Å². The summed E-state index contributed by atoms with van der Waals surface area (Å²) in [6, 6.07) is -0.844. The lowest BCUT2D eigenvalue weighted by Gasteiger charge is -2.40. The smallest absolute Gasteiger partial charge is 0.220 e. The van der Waals surface area contributed by atoms with Gasteiger partial charge in [-0.05, 0) is 103 Å². The summed E-state index contributed by atoms with van der Waals surface area (Å²) in [5.74, 6) is -0.210. The molecule has 1 aliphatic heterocycles. The first-order valence-electron chi connectivity index (χ1n) is 31.4. The molecule has 1 saturated heterocycles. The van der Waals surface area contributed by atoms with Crippen LogP contribution in [-0.4, -0.2) is 87.5 Å². The van der Waals surface area contributed by atoms with Gasteiger partial charge >= 0.3 is 0 Å². The maximum atomic E-state index is 13.1.